The molecular weight excluding hydrogens is 286 g/mol. The zero-order chi connectivity index (χ0) is 10.3. The van der Waals surface area contributed by atoms with E-state index in [1.54, 1.807) is 0 Å². The summed E-state index contributed by atoms with van der Waals surface area (Å²) in [7, 11) is 0. The lowest BCUT2D eigenvalue weighted by atomic mass is 10.6. The minimum Gasteiger partial charge on any atom is -0.286 e. The highest BCUT2D eigenvalue weighted by atomic mass is 35.6. The van der Waals surface area contributed by atoms with Gasteiger partial charge in [-0.3, -0.25) is 10.3 Å². The molecule has 1 rings (SSSR count). The fourth-order valence-corrected chi connectivity index (χ4v) is 1.23. The lowest BCUT2D eigenvalue weighted by Crippen LogP contribution is -2.50. The standard InChI is InChI=1S/C4H3Cl5FN3/c5-3(6,7)4(8,9)13-1-11-12-2(13)10/h11H,1H2. The lowest BCUT2D eigenvalue weighted by Gasteiger charge is -2.34. The SMILES string of the molecule is FC1=NNCN1C(Cl)(Cl)C(Cl)(Cl)Cl. The van der Waals surface area contributed by atoms with Gasteiger partial charge in [-0.15, -0.1) is 5.10 Å². The molecule has 0 aliphatic carbocycles. The molecular formula is C4H3Cl5FN3. The number of hydrogen-bond donors (Lipinski definition) is 1. The van der Waals surface area contributed by atoms with Gasteiger partial charge in [0.05, 0.1) is 0 Å². The van der Waals surface area contributed by atoms with Crippen LogP contribution in [0.15, 0.2) is 5.10 Å². The molecule has 0 unspecified atom stereocenters. The summed E-state index contributed by atoms with van der Waals surface area (Å²) in [5.74, 6) is 0. The van der Waals surface area contributed by atoms with Crippen molar-refractivity contribution in [2.75, 3.05) is 6.67 Å². The van der Waals surface area contributed by atoms with Crippen LogP contribution in [0.5, 0.6) is 0 Å². The quantitative estimate of drug-likeness (QED) is 0.593. The van der Waals surface area contributed by atoms with Crippen molar-refractivity contribution in [2.45, 2.75) is 8.25 Å². The summed E-state index contributed by atoms with van der Waals surface area (Å²) in [6.07, 6.45) is -0.934. The molecule has 1 aliphatic rings. The number of alkyl halides is 5. The zero-order valence-electron chi connectivity index (χ0n) is 5.87. The van der Waals surface area contributed by atoms with E-state index in [1.807, 2.05) is 0 Å². The molecule has 9 heteroatoms. The average molecular weight is 289 g/mol. The highest BCUT2D eigenvalue weighted by molar-refractivity contribution is 6.75. The van der Waals surface area contributed by atoms with Gasteiger partial charge in [0.1, 0.15) is 6.67 Å². The van der Waals surface area contributed by atoms with Crippen LogP contribution < -0.4 is 5.43 Å². The molecule has 1 heterocycles. The van der Waals surface area contributed by atoms with Crippen molar-refractivity contribution in [1.29, 1.82) is 0 Å². The van der Waals surface area contributed by atoms with Crippen molar-refractivity contribution < 1.29 is 4.39 Å². The maximum atomic E-state index is 12.9. The molecule has 0 aromatic heterocycles. The third kappa shape index (κ3) is 2.18. The monoisotopic (exact) mass is 287 g/mol. The van der Waals surface area contributed by atoms with E-state index in [2.05, 4.69) is 10.5 Å². The molecule has 0 bridgehead atoms. The van der Waals surface area contributed by atoms with Gasteiger partial charge in [-0.05, 0) is 0 Å². The van der Waals surface area contributed by atoms with E-state index in [4.69, 9.17) is 58.0 Å². The molecule has 0 atom stereocenters. The van der Waals surface area contributed by atoms with Crippen LogP contribution in [0.2, 0.25) is 0 Å². The normalized spacial score (nSPS) is 18.6. The van der Waals surface area contributed by atoms with Gasteiger partial charge in [0.15, 0.2) is 0 Å². The topological polar surface area (TPSA) is 27.6 Å². The van der Waals surface area contributed by atoms with Crippen LogP contribution in [0.4, 0.5) is 4.39 Å². The minimum atomic E-state index is -2.05. The Balaban J connectivity index is 2.87. The fourth-order valence-electron chi connectivity index (χ4n) is 0.665. The smallest absolute Gasteiger partial charge is 0.286 e. The molecule has 0 aromatic carbocycles. The molecule has 13 heavy (non-hydrogen) atoms. The third-order valence-electron chi connectivity index (χ3n) is 1.30. The van der Waals surface area contributed by atoms with E-state index in [1.165, 1.54) is 0 Å². The van der Waals surface area contributed by atoms with Crippen LogP contribution in [0.25, 0.3) is 0 Å². The average Bonchev–Trinajstić information content (AvgIpc) is 2.32. The Bertz CT molecular complexity index is 236. The second kappa shape index (κ2) is 3.66. The first kappa shape index (κ1) is 11.7. The summed E-state index contributed by atoms with van der Waals surface area (Å²) in [5.41, 5.74) is 2.29. The van der Waals surface area contributed by atoms with E-state index in [0.29, 0.717) is 0 Å². The van der Waals surface area contributed by atoms with E-state index in [0.717, 1.165) is 4.90 Å². The van der Waals surface area contributed by atoms with E-state index in [-0.39, 0.29) is 6.67 Å². The number of halogens is 6. The summed E-state index contributed by atoms with van der Waals surface area (Å²) >= 11 is 27.6. The van der Waals surface area contributed by atoms with Gasteiger partial charge in [0.2, 0.25) is 8.25 Å². The van der Waals surface area contributed by atoms with E-state index in [9.17, 15) is 4.39 Å². The van der Waals surface area contributed by atoms with Gasteiger partial charge in [0.25, 0.3) is 0 Å². The lowest BCUT2D eigenvalue weighted by molar-refractivity contribution is 0.336. The second-order valence-corrected chi connectivity index (χ2v) is 5.73. The zero-order valence-corrected chi connectivity index (χ0v) is 9.65. The molecule has 0 amide bonds. The van der Waals surface area contributed by atoms with Crippen LogP contribution in [0, 0.1) is 0 Å². The predicted molar refractivity (Wildman–Crippen MR) is 53.1 cm³/mol. The van der Waals surface area contributed by atoms with Gasteiger partial charge < -0.3 is 0 Å². The molecule has 0 spiro atoms. The maximum Gasteiger partial charge on any atom is 0.305 e. The van der Waals surface area contributed by atoms with Crippen molar-refractivity contribution in [2.24, 2.45) is 5.10 Å². The van der Waals surface area contributed by atoms with Crippen molar-refractivity contribution in [1.82, 2.24) is 10.3 Å². The van der Waals surface area contributed by atoms with Crippen molar-refractivity contribution in [3.63, 3.8) is 0 Å². The van der Waals surface area contributed by atoms with Crippen LogP contribution in [-0.2, 0) is 0 Å². The summed E-state index contributed by atoms with van der Waals surface area (Å²) in [6, 6.07) is 0. The Morgan fingerprint density at radius 3 is 2.15 bits per heavy atom. The Kier molecular flexibility index (Phi) is 3.30. The fraction of sp³-hybridized carbons (Fsp3) is 0.750. The Hall–Kier alpha value is 0.650. The molecule has 1 N–H and O–H groups in total. The van der Waals surface area contributed by atoms with Crippen LogP contribution in [-0.4, -0.2) is 25.9 Å². The number of rotatable bonds is 1. The van der Waals surface area contributed by atoms with Gasteiger partial charge in [-0.1, -0.05) is 58.0 Å². The minimum absolute atomic E-state index is 0.0628. The van der Waals surface area contributed by atoms with Crippen LogP contribution in [0.3, 0.4) is 0 Å². The molecule has 0 radical (unpaired) electrons. The van der Waals surface area contributed by atoms with Gasteiger partial charge >= 0.3 is 6.09 Å². The second-order valence-electron chi connectivity index (χ2n) is 2.16. The Morgan fingerprint density at radius 1 is 1.31 bits per heavy atom. The number of amidine groups is 1. The molecule has 0 saturated heterocycles. The van der Waals surface area contributed by atoms with E-state index >= 15 is 0 Å². The van der Waals surface area contributed by atoms with Gasteiger partial charge in [0, 0.05) is 0 Å². The van der Waals surface area contributed by atoms with Crippen molar-refractivity contribution >= 4 is 64.1 Å². The number of hydrazone groups is 1. The summed E-state index contributed by atoms with van der Waals surface area (Å²) in [6.45, 7) is -0.0628. The number of nitrogens with zero attached hydrogens (tertiary/aromatic N) is 2. The maximum absolute atomic E-state index is 12.9. The number of nitrogens with one attached hydrogen (secondary N) is 1. The van der Waals surface area contributed by atoms with Crippen molar-refractivity contribution in [3.8, 4) is 0 Å². The highest BCUT2D eigenvalue weighted by Crippen LogP contribution is 2.48. The first-order chi connectivity index (χ1) is 5.77. The molecule has 0 aromatic rings. The third-order valence-corrected chi connectivity index (χ3v) is 3.68. The highest BCUT2D eigenvalue weighted by Gasteiger charge is 2.53. The van der Waals surface area contributed by atoms with Crippen molar-refractivity contribution in [3.05, 3.63) is 0 Å². The summed E-state index contributed by atoms with van der Waals surface area (Å²) < 4.78 is 8.83. The molecule has 76 valence electrons. The molecule has 0 fully saturated rings. The van der Waals surface area contributed by atoms with Gasteiger partial charge in [-0.2, -0.15) is 4.39 Å². The summed E-state index contributed by atoms with van der Waals surface area (Å²) in [4.78, 5) is 0.781. The van der Waals surface area contributed by atoms with Gasteiger partial charge in [-0.25, -0.2) is 0 Å². The molecule has 0 saturated carbocycles. The number of hydrogen-bond acceptors (Lipinski definition) is 3. The molecule has 3 nitrogen and oxygen atoms in total. The van der Waals surface area contributed by atoms with Crippen LogP contribution >= 0.6 is 58.0 Å². The van der Waals surface area contributed by atoms with E-state index < -0.39 is 14.3 Å². The Morgan fingerprint density at radius 2 is 1.85 bits per heavy atom. The van der Waals surface area contributed by atoms with Crippen LogP contribution in [0.1, 0.15) is 0 Å². The largest absolute Gasteiger partial charge is 0.305 e. The molecule has 1 aliphatic heterocycles. The predicted octanol–water partition coefficient (Wildman–Crippen LogP) is 2.59. The first-order valence-corrected chi connectivity index (χ1v) is 4.84. The summed E-state index contributed by atoms with van der Waals surface area (Å²) in [5, 5.41) is 3.18. The Labute approximate surface area is 98.7 Å². The first-order valence-electron chi connectivity index (χ1n) is 2.95.